The Balaban J connectivity index is 1.84. The molecular weight excluding hydrogens is 318 g/mol. The first-order valence-corrected chi connectivity index (χ1v) is 7.67. The maximum atomic E-state index is 12.6. The van der Waals surface area contributed by atoms with Crippen molar-refractivity contribution >= 4 is 17.4 Å². The Morgan fingerprint density at radius 1 is 1.16 bits per heavy atom. The molecule has 0 saturated carbocycles. The highest BCUT2D eigenvalue weighted by Crippen LogP contribution is 2.09. The van der Waals surface area contributed by atoms with Gasteiger partial charge in [-0.15, -0.1) is 0 Å². The third-order valence-electron chi connectivity index (χ3n) is 3.68. The molecule has 0 unspecified atom stereocenters. The maximum absolute atomic E-state index is 12.6. The number of aromatic nitrogens is 3. The van der Waals surface area contributed by atoms with Crippen LogP contribution in [0.15, 0.2) is 59.8 Å². The second-order valence-corrected chi connectivity index (χ2v) is 5.58. The number of pyridine rings is 1. The fourth-order valence-corrected chi connectivity index (χ4v) is 2.35. The van der Waals surface area contributed by atoms with Crippen LogP contribution < -0.4 is 16.6 Å². The van der Waals surface area contributed by atoms with E-state index in [4.69, 9.17) is 5.73 Å². The molecule has 0 bridgehead atoms. The van der Waals surface area contributed by atoms with Gasteiger partial charge in [0.2, 0.25) is 0 Å². The van der Waals surface area contributed by atoms with Gasteiger partial charge in [0.25, 0.3) is 11.5 Å². The zero-order valence-corrected chi connectivity index (χ0v) is 13.6. The highest BCUT2D eigenvalue weighted by molar-refractivity contribution is 6.05. The van der Waals surface area contributed by atoms with Crippen LogP contribution in [0.5, 0.6) is 0 Å². The Bertz CT molecular complexity index is 964. The van der Waals surface area contributed by atoms with Gasteiger partial charge in [0.05, 0.1) is 6.54 Å². The number of hydrogen-bond donors (Lipinski definition) is 2. The molecule has 2 heterocycles. The van der Waals surface area contributed by atoms with Crippen molar-refractivity contribution in [1.29, 1.82) is 0 Å². The van der Waals surface area contributed by atoms with Crippen molar-refractivity contribution in [1.82, 2.24) is 14.5 Å². The standard InChI is InChI=1S/C18H17N5O2/c1-12-4-6-13(7-5-12)11-23-10-2-3-14(18(23)25)22-17(24)15-16(19)21-9-8-20-15/h2-10H,11H2,1H3,(H2,19,21)(H,22,24). The highest BCUT2D eigenvalue weighted by Gasteiger charge is 2.14. The van der Waals surface area contributed by atoms with Crippen LogP contribution in [0, 0.1) is 6.92 Å². The molecule has 0 atom stereocenters. The molecule has 7 heteroatoms. The van der Waals surface area contributed by atoms with E-state index in [9.17, 15) is 9.59 Å². The lowest BCUT2D eigenvalue weighted by Crippen LogP contribution is -2.26. The number of nitrogens with zero attached hydrogens (tertiary/aromatic N) is 3. The van der Waals surface area contributed by atoms with E-state index in [1.807, 2.05) is 31.2 Å². The third-order valence-corrected chi connectivity index (χ3v) is 3.68. The molecule has 3 rings (SSSR count). The van der Waals surface area contributed by atoms with Gasteiger partial charge < -0.3 is 15.6 Å². The largest absolute Gasteiger partial charge is 0.382 e. The lowest BCUT2D eigenvalue weighted by atomic mass is 10.1. The molecule has 1 amide bonds. The third kappa shape index (κ3) is 3.72. The zero-order chi connectivity index (χ0) is 17.8. The molecule has 126 valence electrons. The SMILES string of the molecule is Cc1ccc(Cn2cccc(NC(=O)c3nccnc3N)c2=O)cc1. The topological polar surface area (TPSA) is 103 Å². The summed E-state index contributed by atoms with van der Waals surface area (Å²) in [5, 5.41) is 2.55. The quantitative estimate of drug-likeness (QED) is 0.757. The predicted octanol–water partition coefficient (Wildman–Crippen LogP) is 1.83. The molecule has 25 heavy (non-hydrogen) atoms. The Morgan fingerprint density at radius 2 is 1.88 bits per heavy atom. The number of nitrogens with one attached hydrogen (secondary N) is 1. The van der Waals surface area contributed by atoms with Crippen LogP contribution in [0.2, 0.25) is 0 Å². The number of aryl methyl sites for hydroxylation is 1. The summed E-state index contributed by atoms with van der Waals surface area (Å²) >= 11 is 0. The van der Waals surface area contributed by atoms with E-state index in [1.54, 1.807) is 18.3 Å². The number of carbonyl (C=O) groups excluding carboxylic acids is 1. The average molecular weight is 335 g/mol. The van der Waals surface area contributed by atoms with Crippen LogP contribution in [-0.4, -0.2) is 20.4 Å². The van der Waals surface area contributed by atoms with Crippen LogP contribution >= 0.6 is 0 Å². The molecular formula is C18H17N5O2. The Labute approximate surface area is 144 Å². The van der Waals surface area contributed by atoms with Gasteiger partial charge in [-0.05, 0) is 24.6 Å². The monoisotopic (exact) mass is 335 g/mol. The van der Waals surface area contributed by atoms with Crippen molar-refractivity contribution in [3.05, 3.63) is 82.2 Å². The normalized spacial score (nSPS) is 10.4. The predicted molar refractivity (Wildman–Crippen MR) is 95.4 cm³/mol. The van der Waals surface area contributed by atoms with Crippen LogP contribution in [0.4, 0.5) is 11.5 Å². The fourth-order valence-electron chi connectivity index (χ4n) is 2.35. The summed E-state index contributed by atoms with van der Waals surface area (Å²) in [4.78, 5) is 32.5. The van der Waals surface area contributed by atoms with Crippen molar-refractivity contribution in [2.75, 3.05) is 11.1 Å². The fraction of sp³-hybridized carbons (Fsp3) is 0.111. The minimum Gasteiger partial charge on any atom is -0.382 e. The molecule has 0 aliphatic heterocycles. The lowest BCUT2D eigenvalue weighted by molar-refractivity contribution is 0.102. The molecule has 3 N–H and O–H groups in total. The minimum absolute atomic E-state index is 0.0101. The van der Waals surface area contributed by atoms with Gasteiger partial charge in [-0.3, -0.25) is 9.59 Å². The smallest absolute Gasteiger partial charge is 0.278 e. The number of nitrogens with two attached hydrogens (primary N) is 1. The highest BCUT2D eigenvalue weighted by atomic mass is 16.2. The van der Waals surface area contributed by atoms with Gasteiger partial charge in [0, 0.05) is 18.6 Å². The molecule has 2 aromatic heterocycles. The van der Waals surface area contributed by atoms with Gasteiger partial charge in [0.15, 0.2) is 11.5 Å². The van der Waals surface area contributed by atoms with Crippen molar-refractivity contribution < 1.29 is 4.79 Å². The molecule has 1 aromatic carbocycles. The number of hydrogen-bond acceptors (Lipinski definition) is 5. The molecule has 0 fully saturated rings. The van der Waals surface area contributed by atoms with Gasteiger partial charge in [0.1, 0.15) is 5.69 Å². The zero-order valence-electron chi connectivity index (χ0n) is 13.6. The van der Waals surface area contributed by atoms with E-state index in [0.717, 1.165) is 11.1 Å². The van der Waals surface area contributed by atoms with Crippen LogP contribution in [-0.2, 0) is 6.54 Å². The minimum atomic E-state index is -0.573. The first kappa shape index (κ1) is 16.4. The van der Waals surface area contributed by atoms with Crippen molar-refractivity contribution in [3.63, 3.8) is 0 Å². The van der Waals surface area contributed by atoms with Gasteiger partial charge in [-0.2, -0.15) is 0 Å². The van der Waals surface area contributed by atoms with E-state index in [1.165, 1.54) is 17.0 Å². The van der Waals surface area contributed by atoms with Crippen molar-refractivity contribution in [2.45, 2.75) is 13.5 Å². The second-order valence-electron chi connectivity index (χ2n) is 5.58. The summed E-state index contributed by atoms with van der Waals surface area (Å²) in [7, 11) is 0. The van der Waals surface area contributed by atoms with Gasteiger partial charge in [-0.1, -0.05) is 29.8 Å². The summed E-state index contributed by atoms with van der Waals surface area (Å²) in [5.74, 6) is -0.563. The number of nitrogen functional groups attached to an aromatic ring is 1. The van der Waals surface area contributed by atoms with Crippen molar-refractivity contribution in [3.8, 4) is 0 Å². The van der Waals surface area contributed by atoms with E-state index in [-0.39, 0.29) is 22.8 Å². The maximum Gasteiger partial charge on any atom is 0.278 e. The Morgan fingerprint density at radius 3 is 2.60 bits per heavy atom. The first-order valence-electron chi connectivity index (χ1n) is 7.67. The summed E-state index contributed by atoms with van der Waals surface area (Å²) < 4.78 is 1.53. The summed E-state index contributed by atoms with van der Waals surface area (Å²) in [6.07, 6.45) is 4.43. The summed E-state index contributed by atoms with van der Waals surface area (Å²) in [5.41, 5.74) is 7.62. The van der Waals surface area contributed by atoms with Crippen molar-refractivity contribution in [2.24, 2.45) is 0 Å². The molecule has 7 nitrogen and oxygen atoms in total. The number of anilines is 2. The number of benzene rings is 1. The number of amides is 1. The molecule has 3 aromatic rings. The van der Waals surface area contributed by atoms with Crippen LogP contribution in [0.25, 0.3) is 0 Å². The molecule has 0 saturated heterocycles. The molecule has 0 spiro atoms. The Hall–Kier alpha value is -3.48. The van der Waals surface area contributed by atoms with E-state index < -0.39 is 5.91 Å². The van der Waals surface area contributed by atoms with Crippen LogP contribution in [0.1, 0.15) is 21.6 Å². The number of carbonyl (C=O) groups is 1. The first-order chi connectivity index (χ1) is 12.0. The summed E-state index contributed by atoms with van der Waals surface area (Å²) in [6.45, 7) is 2.42. The number of rotatable bonds is 4. The van der Waals surface area contributed by atoms with Crippen LogP contribution in [0.3, 0.4) is 0 Å². The summed E-state index contributed by atoms with van der Waals surface area (Å²) in [6, 6.07) is 11.1. The molecule has 0 aliphatic carbocycles. The van der Waals surface area contributed by atoms with Gasteiger partial charge >= 0.3 is 0 Å². The van der Waals surface area contributed by atoms with E-state index in [0.29, 0.717) is 6.54 Å². The van der Waals surface area contributed by atoms with E-state index in [2.05, 4.69) is 15.3 Å². The Kier molecular flexibility index (Phi) is 4.56. The molecule has 0 aliphatic rings. The van der Waals surface area contributed by atoms with E-state index >= 15 is 0 Å². The average Bonchev–Trinajstić information content (AvgIpc) is 2.60. The van der Waals surface area contributed by atoms with Gasteiger partial charge in [-0.25, -0.2) is 9.97 Å². The molecule has 0 radical (unpaired) electrons. The lowest BCUT2D eigenvalue weighted by Gasteiger charge is -2.10. The second kappa shape index (κ2) is 6.96.